The van der Waals surface area contributed by atoms with Gasteiger partial charge in [0, 0.05) is 23.4 Å². The fourth-order valence-corrected chi connectivity index (χ4v) is 3.95. The van der Waals surface area contributed by atoms with Gasteiger partial charge in [0.15, 0.2) is 0 Å². The molecule has 0 radical (unpaired) electrons. The molecule has 0 saturated carbocycles. The standard InChI is InChI=1S/C21H22N2O3/c1-12-9-16-17(11-26-19(16)10-13(12)2)21(25)23-8-4-6-14-15(20(22)24)5-3-7-18(14)23/h3,5,7,9-10,17H,4,6,8,11H2,1-2H3,(H2,22,24). The highest BCUT2D eigenvalue weighted by Gasteiger charge is 2.36. The number of amides is 2. The Morgan fingerprint density at radius 1 is 1.19 bits per heavy atom. The van der Waals surface area contributed by atoms with E-state index in [2.05, 4.69) is 6.07 Å². The Hall–Kier alpha value is -2.82. The van der Waals surface area contributed by atoms with Crippen molar-refractivity contribution in [2.45, 2.75) is 32.6 Å². The third-order valence-electron chi connectivity index (χ3n) is 5.49. The highest BCUT2D eigenvalue weighted by molar-refractivity contribution is 6.03. The smallest absolute Gasteiger partial charge is 0.249 e. The number of ether oxygens (including phenoxy) is 1. The van der Waals surface area contributed by atoms with Gasteiger partial charge in [0.1, 0.15) is 18.3 Å². The number of fused-ring (bicyclic) bond motifs is 2. The minimum absolute atomic E-state index is 0.0228. The number of nitrogens with two attached hydrogens (primary N) is 1. The molecule has 1 unspecified atom stereocenters. The van der Waals surface area contributed by atoms with Gasteiger partial charge in [0.2, 0.25) is 11.8 Å². The number of primary amides is 1. The number of hydrogen-bond acceptors (Lipinski definition) is 3. The van der Waals surface area contributed by atoms with Crippen molar-refractivity contribution < 1.29 is 14.3 Å². The Balaban J connectivity index is 1.72. The number of hydrogen-bond donors (Lipinski definition) is 1. The Morgan fingerprint density at radius 3 is 2.73 bits per heavy atom. The fraction of sp³-hybridized carbons (Fsp3) is 0.333. The Bertz CT molecular complexity index is 920. The van der Waals surface area contributed by atoms with Crippen molar-refractivity contribution in [3.63, 3.8) is 0 Å². The summed E-state index contributed by atoms with van der Waals surface area (Å²) in [5.41, 5.74) is 11.0. The van der Waals surface area contributed by atoms with E-state index in [4.69, 9.17) is 10.5 Å². The summed E-state index contributed by atoms with van der Waals surface area (Å²) in [6, 6.07) is 9.49. The lowest BCUT2D eigenvalue weighted by atomic mass is 9.92. The molecule has 2 aromatic carbocycles. The molecule has 134 valence electrons. The van der Waals surface area contributed by atoms with Gasteiger partial charge >= 0.3 is 0 Å². The van der Waals surface area contributed by atoms with Gasteiger partial charge in [-0.15, -0.1) is 0 Å². The van der Waals surface area contributed by atoms with Crippen LogP contribution >= 0.6 is 0 Å². The topological polar surface area (TPSA) is 72.6 Å². The van der Waals surface area contributed by atoms with E-state index in [1.807, 2.05) is 26.0 Å². The SMILES string of the molecule is Cc1cc2c(cc1C)C(C(=O)N1CCCc3c(C(N)=O)cccc31)CO2. The molecule has 2 aliphatic rings. The van der Waals surface area contributed by atoms with Crippen LogP contribution in [-0.4, -0.2) is 25.0 Å². The van der Waals surface area contributed by atoms with Crippen molar-refractivity contribution >= 4 is 17.5 Å². The largest absolute Gasteiger partial charge is 0.492 e. The van der Waals surface area contributed by atoms with E-state index in [0.29, 0.717) is 18.7 Å². The lowest BCUT2D eigenvalue weighted by Crippen LogP contribution is -2.40. The number of carbonyl (C=O) groups is 2. The first-order valence-electron chi connectivity index (χ1n) is 8.94. The fourth-order valence-electron chi connectivity index (χ4n) is 3.95. The van der Waals surface area contributed by atoms with Crippen LogP contribution in [0.4, 0.5) is 5.69 Å². The predicted octanol–water partition coefficient (Wildman–Crippen LogP) is 2.86. The molecular weight excluding hydrogens is 328 g/mol. The highest BCUT2D eigenvalue weighted by atomic mass is 16.5. The third kappa shape index (κ3) is 2.55. The van der Waals surface area contributed by atoms with Crippen molar-refractivity contribution in [3.8, 4) is 5.75 Å². The maximum absolute atomic E-state index is 13.3. The Morgan fingerprint density at radius 2 is 1.96 bits per heavy atom. The van der Waals surface area contributed by atoms with E-state index < -0.39 is 5.91 Å². The molecule has 4 rings (SSSR count). The zero-order valence-corrected chi connectivity index (χ0v) is 15.0. The third-order valence-corrected chi connectivity index (χ3v) is 5.49. The number of carbonyl (C=O) groups excluding carboxylic acids is 2. The van der Waals surface area contributed by atoms with E-state index in [-0.39, 0.29) is 11.8 Å². The molecule has 2 heterocycles. The van der Waals surface area contributed by atoms with Gasteiger partial charge in [-0.3, -0.25) is 9.59 Å². The summed E-state index contributed by atoms with van der Waals surface area (Å²) in [7, 11) is 0. The minimum atomic E-state index is -0.447. The second-order valence-electron chi connectivity index (χ2n) is 7.10. The van der Waals surface area contributed by atoms with Gasteiger partial charge in [0.25, 0.3) is 0 Å². The van der Waals surface area contributed by atoms with Crippen LogP contribution < -0.4 is 15.4 Å². The van der Waals surface area contributed by atoms with Crippen LogP contribution in [0.3, 0.4) is 0 Å². The molecule has 0 aliphatic carbocycles. The molecule has 0 spiro atoms. The number of benzene rings is 2. The van der Waals surface area contributed by atoms with Crippen LogP contribution in [0.5, 0.6) is 5.75 Å². The molecule has 0 bridgehead atoms. The summed E-state index contributed by atoms with van der Waals surface area (Å²) in [5, 5.41) is 0. The molecule has 0 saturated heterocycles. The molecule has 1 atom stereocenters. The molecule has 0 aromatic heterocycles. The zero-order valence-electron chi connectivity index (χ0n) is 15.0. The number of anilines is 1. The van der Waals surface area contributed by atoms with Crippen LogP contribution in [-0.2, 0) is 11.2 Å². The summed E-state index contributed by atoms with van der Waals surface area (Å²) in [6.07, 6.45) is 1.57. The summed E-state index contributed by atoms with van der Waals surface area (Å²) in [4.78, 5) is 26.9. The van der Waals surface area contributed by atoms with Crippen LogP contribution in [0.15, 0.2) is 30.3 Å². The van der Waals surface area contributed by atoms with E-state index in [1.165, 1.54) is 0 Å². The Kier molecular flexibility index (Phi) is 3.94. The first kappa shape index (κ1) is 16.6. The van der Waals surface area contributed by atoms with Crippen molar-refractivity contribution in [3.05, 3.63) is 58.1 Å². The van der Waals surface area contributed by atoms with E-state index >= 15 is 0 Å². The van der Waals surface area contributed by atoms with Gasteiger partial charge in [-0.05, 0) is 61.6 Å². The molecular formula is C21H22N2O3. The number of rotatable bonds is 2. The molecule has 0 fully saturated rings. The zero-order chi connectivity index (χ0) is 18.4. The van der Waals surface area contributed by atoms with Crippen LogP contribution in [0, 0.1) is 13.8 Å². The van der Waals surface area contributed by atoms with Crippen LogP contribution in [0.2, 0.25) is 0 Å². The summed E-state index contributed by atoms with van der Waals surface area (Å²) < 4.78 is 5.79. The normalized spacial score (nSPS) is 18.1. The quantitative estimate of drug-likeness (QED) is 0.905. The van der Waals surface area contributed by atoms with E-state index in [0.717, 1.165) is 46.5 Å². The molecule has 26 heavy (non-hydrogen) atoms. The van der Waals surface area contributed by atoms with Crippen LogP contribution in [0.1, 0.15) is 45.0 Å². The van der Waals surface area contributed by atoms with E-state index in [9.17, 15) is 9.59 Å². The van der Waals surface area contributed by atoms with Crippen molar-refractivity contribution in [2.75, 3.05) is 18.1 Å². The summed E-state index contributed by atoms with van der Waals surface area (Å²) in [6.45, 7) is 5.09. The number of nitrogens with zero attached hydrogens (tertiary/aromatic N) is 1. The second-order valence-corrected chi connectivity index (χ2v) is 7.10. The molecule has 2 aromatic rings. The monoisotopic (exact) mass is 350 g/mol. The van der Waals surface area contributed by atoms with Gasteiger partial charge in [-0.25, -0.2) is 0 Å². The maximum Gasteiger partial charge on any atom is 0.249 e. The Labute approximate surface area is 152 Å². The average molecular weight is 350 g/mol. The molecule has 2 aliphatic heterocycles. The average Bonchev–Trinajstić information content (AvgIpc) is 3.03. The van der Waals surface area contributed by atoms with E-state index in [1.54, 1.807) is 17.0 Å². The molecule has 5 heteroatoms. The molecule has 2 N–H and O–H groups in total. The van der Waals surface area contributed by atoms with Crippen molar-refractivity contribution in [1.82, 2.24) is 0 Å². The molecule has 2 amide bonds. The maximum atomic E-state index is 13.3. The van der Waals surface area contributed by atoms with Crippen LogP contribution in [0.25, 0.3) is 0 Å². The first-order valence-corrected chi connectivity index (χ1v) is 8.94. The minimum Gasteiger partial charge on any atom is -0.492 e. The van der Waals surface area contributed by atoms with Gasteiger partial charge in [-0.1, -0.05) is 12.1 Å². The van der Waals surface area contributed by atoms with Crippen molar-refractivity contribution in [2.24, 2.45) is 5.73 Å². The number of aryl methyl sites for hydroxylation is 2. The first-order chi connectivity index (χ1) is 12.5. The summed E-state index contributed by atoms with van der Waals surface area (Å²) in [5.74, 6) is 0.0634. The molecule has 5 nitrogen and oxygen atoms in total. The second kappa shape index (κ2) is 6.16. The predicted molar refractivity (Wildman–Crippen MR) is 99.8 cm³/mol. The van der Waals surface area contributed by atoms with Gasteiger partial charge < -0.3 is 15.4 Å². The lowest BCUT2D eigenvalue weighted by Gasteiger charge is -2.32. The summed E-state index contributed by atoms with van der Waals surface area (Å²) >= 11 is 0. The van der Waals surface area contributed by atoms with Gasteiger partial charge in [0.05, 0.1) is 0 Å². The highest BCUT2D eigenvalue weighted by Crippen LogP contribution is 2.39. The lowest BCUT2D eigenvalue weighted by molar-refractivity contribution is -0.120. The van der Waals surface area contributed by atoms with Crippen molar-refractivity contribution in [1.29, 1.82) is 0 Å². The van der Waals surface area contributed by atoms with Gasteiger partial charge in [-0.2, -0.15) is 0 Å².